The largest absolute Gasteiger partial charge is 0.497 e. The minimum atomic E-state index is 0.301. The molecule has 0 aliphatic heterocycles. The molecule has 0 amide bonds. The first-order valence-electron chi connectivity index (χ1n) is 8.32. The molecule has 136 valence electrons. The van der Waals surface area contributed by atoms with Gasteiger partial charge in [-0.05, 0) is 24.6 Å². The van der Waals surface area contributed by atoms with Gasteiger partial charge >= 0.3 is 0 Å². The summed E-state index contributed by atoms with van der Waals surface area (Å²) in [5, 5.41) is 13.6. The van der Waals surface area contributed by atoms with Gasteiger partial charge < -0.3 is 14.5 Å². The molecule has 0 aliphatic carbocycles. The molecule has 0 bridgehead atoms. The number of H-pyrrole nitrogens is 1. The lowest BCUT2D eigenvalue weighted by molar-refractivity contribution is 0.394. The van der Waals surface area contributed by atoms with E-state index in [1.54, 1.807) is 26.5 Å². The second-order valence-electron chi connectivity index (χ2n) is 5.93. The Kier molecular flexibility index (Phi) is 4.29. The van der Waals surface area contributed by atoms with Crippen LogP contribution in [0.3, 0.4) is 0 Å². The van der Waals surface area contributed by atoms with Gasteiger partial charge in [-0.15, -0.1) is 10.2 Å². The van der Waals surface area contributed by atoms with Crippen molar-refractivity contribution in [3.8, 4) is 11.5 Å². The van der Waals surface area contributed by atoms with E-state index < -0.39 is 0 Å². The summed E-state index contributed by atoms with van der Waals surface area (Å²) in [6.45, 7) is 2.04. The number of nitrogens with one attached hydrogen (secondary N) is 2. The number of benzene rings is 2. The number of aromatic nitrogens is 4. The molecule has 0 spiro atoms. The monoisotopic (exact) mass is 362 g/mol. The fraction of sp³-hybridized carbons (Fsp3) is 0.158. The summed E-state index contributed by atoms with van der Waals surface area (Å²) in [5.74, 6) is 1.67. The first-order valence-corrected chi connectivity index (χ1v) is 8.32. The van der Waals surface area contributed by atoms with Gasteiger partial charge in [0, 0.05) is 17.0 Å². The molecule has 0 radical (unpaired) electrons. The third kappa shape index (κ3) is 3.12. The third-order valence-corrected chi connectivity index (χ3v) is 4.27. The first kappa shape index (κ1) is 16.8. The number of ether oxygens (including phenoxy) is 2. The number of methoxy groups -OCH3 is 2. The Labute approximate surface area is 155 Å². The summed E-state index contributed by atoms with van der Waals surface area (Å²) in [5.41, 5.74) is 7.13. The van der Waals surface area contributed by atoms with Crippen molar-refractivity contribution in [2.45, 2.75) is 6.92 Å². The molecular weight excluding hydrogens is 344 g/mol. The molecule has 0 fully saturated rings. The van der Waals surface area contributed by atoms with E-state index in [1.807, 2.05) is 37.3 Å². The SMILES string of the molecule is COc1ccc(/C=N/Nc2nnc3c(n2)[nH]c2c(C)cccc23)c(OC)c1. The topological polar surface area (TPSA) is 97.3 Å². The highest BCUT2D eigenvalue weighted by Crippen LogP contribution is 2.25. The normalized spacial score (nSPS) is 11.4. The predicted molar refractivity (Wildman–Crippen MR) is 105 cm³/mol. The molecule has 4 rings (SSSR count). The molecule has 8 nitrogen and oxygen atoms in total. The fourth-order valence-electron chi connectivity index (χ4n) is 2.88. The van der Waals surface area contributed by atoms with Gasteiger partial charge in [0.2, 0.25) is 0 Å². The molecule has 0 atom stereocenters. The van der Waals surface area contributed by atoms with E-state index in [4.69, 9.17) is 9.47 Å². The average Bonchev–Trinajstić information content (AvgIpc) is 3.07. The Morgan fingerprint density at radius 2 is 2.00 bits per heavy atom. The first-order chi connectivity index (χ1) is 13.2. The molecule has 0 saturated carbocycles. The van der Waals surface area contributed by atoms with Crippen molar-refractivity contribution < 1.29 is 9.47 Å². The van der Waals surface area contributed by atoms with E-state index in [1.165, 1.54) is 0 Å². The second kappa shape index (κ2) is 6.91. The lowest BCUT2D eigenvalue weighted by atomic mass is 10.1. The Hall–Kier alpha value is -3.68. The van der Waals surface area contributed by atoms with E-state index in [-0.39, 0.29) is 0 Å². The molecule has 2 aromatic heterocycles. The average molecular weight is 362 g/mol. The lowest BCUT2D eigenvalue weighted by Crippen LogP contribution is -1.99. The van der Waals surface area contributed by atoms with Crippen molar-refractivity contribution in [2.75, 3.05) is 19.6 Å². The van der Waals surface area contributed by atoms with Gasteiger partial charge in [-0.2, -0.15) is 10.1 Å². The van der Waals surface area contributed by atoms with E-state index in [0.29, 0.717) is 23.1 Å². The summed E-state index contributed by atoms with van der Waals surface area (Å²) < 4.78 is 10.5. The van der Waals surface area contributed by atoms with Gasteiger partial charge in [0.25, 0.3) is 5.95 Å². The van der Waals surface area contributed by atoms with Crippen LogP contribution >= 0.6 is 0 Å². The van der Waals surface area contributed by atoms with Crippen molar-refractivity contribution in [1.82, 2.24) is 20.2 Å². The lowest BCUT2D eigenvalue weighted by Gasteiger charge is -2.06. The zero-order valence-corrected chi connectivity index (χ0v) is 15.1. The number of anilines is 1. The zero-order valence-electron chi connectivity index (χ0n) is 15.1. The van der Waals surface area contributed by atoms with Crippen LogP contribution in [0.15, 0.2) is 41.5 Å². The van der Waals surface area contributed by atoms with E-state index in [9.17, 15) is 0 Å². The number of hydrogen-bond acceptors (Lipinski definition) is 7. The quantitative estimate of drug-likeness (QED) is 0.418. The molecule has 2 N–H and O–H groups in total. The van der Waals surface area contributed by atoms with Crippen molar-refractivity contribution in [3.05, 3.63) is 47.5 Å². The summed E-state index contributed by atoms with van der Waals surface area (Å²) in [7, 11) is 3.20. The maximum absolute atomic E-state index is 5.35. The summed E-state index contributed by atoms with van der Waals surface area (Å²) in [4.78, 5) is 7.74. The van der Waals surface area contributed by atoms with Crippen molar-refractivity contribution in [1.29, 1.82) is 0 Å². The number of aromatic amines is 1. The molecule has 2 aromatic carbocycles. The van der Waals surface area contributed by atoms with Crippen LogP contribution < -0.4 is 14.9 Å². The predicted octanol–water partition coefficient (Wildman–Crippen LogP) is 3.28. The maximum atomic E-state index is 5.35. The van der Waals surface area contributed by atoms with E-state index >= 15 is 0 Å². The number of hydrazone groups is 1. The third-order valence-electron chi connectivity index (χ3n) is 4.27. The fourth-order valence-corrected chi connectivity index (χ4v) is 2.88. The molecule has 27 heavy (non-hydrogen) atoms. The number of aryl methyl sites for hydroxylation is 1. The Morgan fingerprint density at radius 1 is 1.11 bits per heavy atom. The Bertz CT molecular complexity index is 1150. The number of para-hydroxylation sites is 1. The summed E-state index contributed by atoms with van der Waals surface area (Å²) in [6.07, 6.45) is 1.63. The number of fused-ring (bicyclic) bond motifs is 3. The number of nitrogens with zero attached hydrogens (tertiary/aromatic N) is 4. The summed E-state index contributed by atoms with van der Waals surface area (Å²) >= 11 is 0. The van der Waals surface area contributed by atoms with Crippen molar-refractivity contribution in [3.63, 3.8) is 0 Å². The second-order valence-corrected chi connectivity index (χ2v) is 5.93. The molecule has 4 aromatic rings. The Balaban J connectivity index is 1.60. The van der Waals surface area contributed by atoms with Crippen LogP contribution in [-0.2, 0) is 0 Å². The van der Waals surface area contributed by atoms with Crippen LogP contribution in [0.4, 0.5) is 5.95 Å². The van der Waals surface area contributed by atoms with Gasteiger partial charge in [0.05, 0.1) is 26.0 Å². The zero-order chi connectivity index (χ0) is 18.8. The highest BCUT2D eigenvalue weighted by atomic mass is 16.5. The van der Waals surface area contributed by atoms with Gasteiger partial charge in [0.1, 0.15) is 17.0 Å². The van der Waals surface area contributed by atoms with E-state index in [0.717, 1.165) is 27.5 Å². The molecular formula is C19H18N6O2. The van der Waals surface area contributed by atoms with Gasteiger partial charge in [-0.25, -0.2) is 5.43 Å². The molecule has 0 unspecified atom stereocenters. The number of rotatable bonds is 5. The summed E-state index contributed by atoms with van der Waals surface area (Å²) in [6, 6.07) is 11.5. The highest BCUT2D eigenvalue weighted by Gasteiger charge is 2.10. The molecule has 0 aliphatic rings. The maximum Gasteiger partial charge on any atom is 0.265 e. The van der Waals surface area contributed by atoms with Gasteiger partial charge in [-0.3, -0.25) is 0 Å². The van der Waals surface area contributed by atoms with Crippen LogP contribution in [0, 0.1) is 6.92 Å². The minimum absolute atomic E-state index is 0.301. The van der Waals surface area contributed by atoms with Crippen LogP contribution in [0.25, 0.3) is 22.1 Å². The van der Waals surface area contributed by atoms with Crippen LogP contribution in [0.5, 0.6) is 11.5 Å². The molecule has 0 saturated heterocycles. The van der Waals surface area contributed by atoms with Crippen LogP contribution in [0.2, 0.25) is 0 Å². The van der Waals surface area contributed by atoms with Crippen LogP contribution in [-0.4, -0.2) is 40.6 Å². The van der Waals surface area contributed by atoms with Crippen molar-refractivity contribution in [2.24, 2.45) is 5.10 Å². The standard InChI is InChI=1S/C19H18N6O2/c1-11-5-4-6-14-16(11)21-18-17(14)23-25-19(22-18)24-20-10-12-7-8-13(26-2)9-15(12)27-3/h4-10H,1-3H3,(H2,21,22,24,25)/b20-10+. The number of hydrogen-bond donors (Lipinski definition) is 2. The molecule has 8 heteroatoms. The molecule has 2 heterocycles. The van der Waals surface area contributed by atoms with Crippen LogP contribution in [0.1, 0.15) is 11.1 Å². The van der Waals surface area contributed by atoms with E-state index in [2.05, 4.69) is 30.7 Å². The minimum Gasteiger partial charge on any atom is -0.497 e. The Morgan fingerprint density at radius 3 is 2.81 bits per heavy atom. The van der Waals surface area contributed by atoms with Gasteiger partial charge in [0.15, 0.2) is 5.65 Å². The smallest absolute Gasteiger partial charge is 0.265 e. The highest BCUT2D eigenvalue weighted by molar-refractivity contribution is 6.04. The van der Waals surface area contributed by atoms with Crippen molar-refractivity contribution >= 4 is 34.2 Å². The van der Waals surface area contributed by atoms with Gasteiger partial charge in [-0.1, -0.05) is 18.2 Å².